The van der Waals surface area contributed by atoms with Crippen molar-refractivity contribution in [3.63, 3.8) is 0 Å². The number of benzene rings is 1. The molecule has 110 valence electrons. The van der Waals surface area contributed by atoms with E-state index < -0.39 is 0 Å². The van der Waals surface area contributed by atoms with Crippen LogP contribution in [0.5, 0.6) is 11.5 Å². The fourth-order valence-corrected chi connectivity index (χ4v) is 3.67. The second-order valence-electron chi connectivity index (χ2n) is 5.96. The van der Waals surface area contributed by atoms with Crippen molar-refractivity contribution >= 4 is 0 Å². The third-order valence-corrected chi connectivity index (χ3v) is 4.85. The maximum atomic E-state index is 9.89. The molecule has 4 nitrogen and oxygen atoms in total. The lowest BCUT2D eigenvalue weighted by Crippen LogP contribution is -2.55. The number of aromatic hydroxyl groups is 1. The van der Waals surface area contributed by atoms with Gasteiger partial charge in [-0.15, -0.1) is 0 Å². The van der Waals surface area contributed by atoms with E-state index in [0.717, 1.165) is 24.7 Å². The lowest BCUT2D eigenvalue weighted by atomic mass is 10.0. The summed E-state index contributed by atoms with van der Waals surface area (Å²) in [5.74, 6) is 0.777. The van der Waals surface area contributed by atoms with Gasteiger partial charge in [-0.05, 0) is 44.0 Å². The number of phenolic OH excluding ortho intramolecular Hbond substituents is 1. The van der Waals surface area contributed by atoms with Crippen LogP contribution in [0, 0.1) is 0 Å². The Hall–Kier alpha value is -1.26. The van der Waals surface area contributed by atoms with Crippen LogP contribution in [0.25, 0.3) is 0 Å². The number of methoxy groups -OCH3 is 1. The van der Waals surface area contributed by atoms with Crippen LogP contribution in [0.4, 0.5) is 0 Å². The Bertz CT molecular complexity index is 478. The molecular weight excluding hydrogens is 252 g/mol. The van der Waals surface area contributed by atoms with Crippen LogP contribution >= 0.6 is 0 Å². The Morgan fingerprint density at radius 3 is 2.90 bits per heavy atom. The van der Waals surface area contributed by atoms with Gasteiger partial charge in [0.15, 0.2) is 11.5 Å². The Balaban J connectivity index is 1.69. The zero-order valence-corrected chi connectivity index (χ0v) is 12.4. The molecule has 0 spiro atoms. The number of fused-ring (bicyclic) bond motifs is 1. The molecule has 4 heteroatoms. The highest BCUT2D eigenvalue weighted by Crippen LogP contribution is 2.30. The van der Waals surface area contributed by atoms with Crippen molar-refractivity contribution in [1.29, 1.82) is 0 Å². The fraction of sp³-hybridized carbons (Fsp3) is 0.625. The molecule has 1 N–H and O–H groups in total. The van der Waals surface area contributed by atoms with Gasteiger partial charge in [-0.1, -0.05) is 6.07 Å². The summed E-state index contributed by atoms with van der Waals surface area (Å²) in [5, 5.41) is 9.89. The minimum Gasteiger partial charge on any atom is -0.504 e. The Labute approximate surface area is 120 Å². The van der Waals surface area contributed by atoms with Crippen molar-refractivity contribution in [2.45, 2.75) is 38.4 Å². The highest BCUT2D eigenvalue weighted by atomic mass is 16.5. The van der Waals surface area contributed by atoms with Crippen LogP contribution in [0.1, 0.15) is 25.3 Å². The van der Waals surface area contributed by atoms with Gasteiger partial charge in [0.05, 0.1) is 7.11 Å². The van der Waals surface area contributed by atoms with E-state index in [1.165, 1.54) is 25.9 Å². The number of rotatable bonds is 3. The van der Waals surface area contributed by atoms with Gasteiger partial charge in [-0.2, -0.15) is 0 Å². The molecule has 0 radical (unpaired) electrons. The van der Waals surface area contributed by atoms with E-state index in [0.29, 0.717) is 11.8 Å². The normalized spacial score (nSPS) is 27.5. The zero-order chi connectivity index (χ0) is 14.1. The standard InChI is InChI=1S/C16H24N2O2/c1-12-14-4-3-7-17(14)8-9-18(12)11-13-5-6-16(20-2)15(19)10-13/h5-6,10,12,14,19H,3-4,7-9,11H2,1-2H3/t12-,14-/m1/s1. The van der Waals surface area contributed by atoms with Gasteiger partial charge in [-0.25, -0.2) is 0 Å². The number of phenols is 1. The molecular formula is C16H24N2O2. The molecule has 2 saturated heterocycles. The molecule has 2 aliphatic heterocycles. The quantitative estimate of drug-likeness (QED) is 0.917. The molecule has 0 unspecified atom stereocenters. The van der Waals surface area contributed by atoms with Gasteiger partial charge in [0.1, 0.15) is 0 Å². The largest absolute Gasteiger partial charge is 0.504 e. The topological polar surface area (TPSA) is 35.9 Å². The highest BCUT2D eigenvalue weighted by molar-refractivity contribution is 5.41. The Kier molecular flexibility index (Phi) is 3.85. The van der Waals surface area contributed by atoms with Gasteiger partial charge in [-0.3, -0.25) is 9.80 Å². The van der Waals surface area contributed by atoms with Crippen LogP contribution < -0.4 is 4.74 Å². The molecule has 2 aliphatic rings. The van der Waals surface area contributed by atoms with E-state index in [1.807, 2.05) is 18.2 Å². The first-order chi connectivity index (χ1) is 9.69. The molecule has 2 fully saturated rings. The number of nitrogens with zero attached hydrogens (tertiary/aromatic N) is 2. The second-order valence-corrected chi connectivity index (χ2v) is 5.96. The van der Waals surface area contributed by atoms with E-state index in [-0.39, 0.29) is 5.75 Å². The number of piperazine rings is 1. The van der Waals surface area contributed by atoms with Crippen molar-refractivity contribution in [3.8, 4) is 11.5 Å². The van der Waals surface area contributed by atoms with Crippen LogP contribution in [0.3, 0.4) is 0 Å². The lowest BCUT2D eigenvalue weighted by Gasteiger charge is -2.43. The first kappa shape index (κ1) is 13.7. The summed E-state index contributed by atoms with van der Waals surface area (Å²) in [7, 11) is 1.58. The summed E-state index contributed by atoms with van der Waals surface area (Å²) in [4.78, 5) is 5.17. The van der Waals surface area contributed by atoms with Crippen molar-refractivity contribution in [2.75, 3.05) is 26.7 Å². The lowest BCUT2D eigenvalue weighted by molar-refractivity contribution is 0.0470. The molecule has 1 aromatic rings. The monoisotopic (exact) mass is 276 g/mol. The summed E-state index contributed by atoms with van der Waals surface area (Å²) in [5.41, 5.74) is 1.15. The first-order valence-corrected chi connectivity index (χ1v) is 7.53. The molecule has 1 aromatic carbocycles. The minimum absolute atomic E-state index is 0.233. The van der Waals surface area contributed by atoms with Gasteiger partial charge in [0.25, 0.3) is 0 Å². The van der Waals surface area contributed by atoms with E-state index in [1.54, 1.807) is 7.11 Å². The third-order valence-electron chi connectivity index (χ3n) is 4.85. The summed E-state index contributed by atoms with van der Waals surface area (Å²) in [6.45, 7) is 6.81. The van der Waals surface area contributed by atoms with Crippen molar-refractivity contribution in [2.24, 2.45) is 0 Å². The van der Waals surface area contributed by atoms with Crippen LogP contribution in [0.2, 0.25) is 0 Å². The molecule has 0 amide bonds. The molecule has 0 aromatic heterocycles. The third kappa shape index (κ3) is 2.50. The first-order valence-electron chi connectivity index (χ1n) is 7.53. The van der Waals surface area contributed by atoms with E-state index in [4.69, 9.17) is 4.74 Å². The average molecular weight is 276 g/mol. The van der Waals surface area contributed by atoms with Crippen molar-refractivity contribution in [1.82, 2.24) is 9.80 Å². The van der Waals surface area contributed by atoms with Crippen LogP contribution in [-0.4, -0.2) is 53.7 Å². The summed E-state index contributed by atoms with van der Waals surface area (Å²) >= 11 is 0. The maximum absolute atomic E-state index is 9.89. The van der Waals surface area contributed by atoms with Crippen LogP contribution in [-0.2, 0) is 6.54 Å². The Morgan fingerprint density at radius 2 is 2.15 bits per heavy atom. The van der Waals surface area contributed by atoms with Crippen LogP contribution in [0.15, 0.2) is 18.2 Å². The molecule has 0 aliphatic carbocycles. The summed E-state index contributed by atoms with van der Waals surface area (Å²) in [6, 6.07) is 7.03. The second kappa shape index (κ2) is 5.62. The number of hydrogen-bond acceptors (Lipinski definition) is 4. The number of hydrogen-bond donors (Lipinski definition) is 1. The van der Waals surface area contributed by atoms with E-state index >= 15 is 0 Å². The molecule has 2 atom stereocenters. The minimum atomic E-state index is 0.233. The van der Waals surface area contributed by atoms with E-state index in [9.17, 15) is 5.11 Å². The summed E-state index contributed by atoms with van der Waals surface area (Å²) in [6.07, 6.45) is 2.66. The van der Waals surface area contributed by atoms with Crippen molar-refractivity contribution in [3.05, 3.63) is 23.8 Å². The molecule has 0 bridgehead atoms. The van der Waals surface area contributed by atoms with Gasteiger partial charge < -0.3 is 9.84 Å². The highest BCUT2D eigenvalue weighted by Gasteiger charge is 2.36. The SMILES string of the molecule is COc1ccc(CN2CCN3CCC[C@@H]3[C@H]2C)cc1O. The van der Waals surface area contributed by atoms with Gasteiger partial charge in [0.2, 0.25) is 0 Å². The number of ether oxygens (including phenoxy) is 1. The average Bonchev–Trinajstić information content (AvgIpc) is 2.91. The van der Waals surface area contributed by atoms with Gasteiger partial charge >= 0.3 is 0 Å². The summed E-state index contributed by atoms with van der Waals surface area (Å²) < 4.78 is 5.10. The van der Waals surface area contributed by atoms with Gasteiger partial charge in [0, 0.05) is 31.7 Å². The molecule has 2 heterocycles. The molecule has 20 heavy (non-hydrogen) atoms. The zero-order valence-electron chi connectivity index (χ0n) is 12.4. The maximum Gasteiger partial charge on any atom is 0.160 e. The smallest absolute Gasteiger partial charge is 0.160 e. The van der Waals surface area contributed by atoms with E-state index in [2.05, 4.69) is 16.7 Å². The predicted octanol–water partition coefficient (Wildman–Crippen LogP) is 2.07. The molecule has 0 saturated carbocycles. The fourth-order valence-electron chi connectivity index (χ4n) is 3.67. The Morgan fingerprint density at radius 1 is 1.30 bits per heavy atom. The molecule has 3 rings (SSSR count). The van der Waals surface area contributed by atoms with Crippen molar-refractivity contribution < 1.29 is 9.84 Å². The predicted molar refractivity (Wildman–Crippen MR) is 79.1 cm³/mol.